The monoisotopic (exact) mass is 257 g/mol. The lowest BCUT2D eigenvalue weighted by atomic mass is 9.80. The van der Waals surface area contributed by atoms with Crippen molar-refractivity contribution >= 4 is 5.97 Å². The Morgan fingerprint density at radius 1 is 1.39 bits per heavy atom. The molecule has 18 heavy (non-hydrogen) atoms. The summed E-state index contributed by atoms with van der Waals surface area (Å²) in [4.78, 5) is 12.2. The second-order valence-corrected chi connectivity index (χ2v) is 5.51. The van der Waals surface area contributed by atoms with Crippen molar-refractivity contribution in [3.8, 4) is 0 Å². The first-order valence-corrected chi connectivity index (χ1v) is 6.99. The van der Waals surface area contributed by atoms with Gasteiger partial charge in [0.15, 0.2) is 0 Å². The van der Waals surface area contributed by atoms with Gasteiger partial charge in [-0.1, -0.05) is 13.8 Å². The highest BCUT2D eigenvalue weighted by Gasteiger charge is 2.42. The van der Waals surface area contributed by atoms with Gasteiger partial charge < -0.3 is 14.8 Å². The van der Waals surface area contributed by atoms with Crippen LogP contribution in [0.3, 0.4) is 0 Å². The van der Waals surface area contributed by atoms with E-state index >= 15 is 0 Å². The summed E-state index contributed by atoms with van der Waals surface area (Å²) >= 11 is 0. The Bertz CT molecular complexity index is 258. The third kappa shape index (κ3) is 3.95. The number of methoxy groups -OCH3 is 1. The van der Waals surface area contributed by atoms with Crippen molar-refractivity contribution in [3.63, 3.8) is 0 Å². The van der Waals surface area contributed by atoms with Crippen LogP contribution in [0.15, 0.2) is 0 Å². The Morgan fingerprint density at radius 3 is 2.44 bits per heavy atom. The third-order valence-corrected chi connectivity index (χ3v) is 3.63. The molecule has 106 valence electrons. The molecule has 0 aromatic carbocycles. The second-order valence-electron chi connectivity index (χ2n) is 5.51. The van der Waals surface area contributed by atoms with Crippen LogP contribution in [0.25, 0.3) is 0 Å². The molecule has 1 aliphatic carbocycles. The second kappa shape index (κ2) is 7.10. The SMILES string of the molecule is CCOC(=O)C1(NCC(C)C)CCC(OC)CC1. The minimum Gasteiger partial charge on any atom is -0.465 e. The summed E-state index contributed by atoms with van der Waals surface area (Å²) in [6.07, 6.45) is 3.72. The van der Waals surface area contributed by atoms with Crippen LogP contribution in [0.1, 0.15) is 46.5 Å². The summed E-state index contributed by atoms with van der Waals surface area (Å²) in [6, 6.07) is 0. The molecule has 0 saturated heterocycles. The predicted molar refractivity (Wildman–Crippen MR) is 71.5 cm³/mol. The van der Waals surface area contributed by atoms with Gasteiger partial charge in [0.2, 0.25) is 0 Å². The summed E-state index contributed by atoms with van der Waals surface area (Å²) < 4.78 is 10.6. The van der Waals surface area contributed by atoms with E-state index in [9.17, 15) is 4.79 Å². The summed E-state index contributed by atoms with van der Waals surface area (Å²) in [5, 5.41) is 3.43. The topological polar surface area (TPSA) is 47.6 Å². The minimum atomic E-state index is -0.491. The molecule has 4 nitrogen and oxygen atoms in total. The van der Waals surface area contributed by atoms with Crippen LogP contribution in [-0.2, 0) is 14.3 Å². The van der Waals surface area contributed by atoms with Crippen molar-refractivity contribution in [1.29, 1.82) is 0 Å². The van der Waals surface area contributed by atoms with Crippen molar-refractivity contribution in [1.82, 2.24) is 5.32 Å². The number of ether oxygens (including phenoxy) is 2. The molecule has 0 bridgehead atoms. The molecule has 0 atom stereocenters. The highest BCUT2D eigenvalue weighted by molar-refractivity contribution is 5.81. The maximum absolute atomic E-state index is 12.2. The molecule has 0 spiro atoms. The quantitative estimate of drug-likeness (QED) is 0.740. The van der Waals surface area contributed by atoms with Gasteiger partial charge in [0.25, 0.3) is 0 Å². The van der Waals surface area contributed by atoms with Gasteiger partial charge >= 0.3 is 5.97 Å². The molecule has 1 aliphatic rings. The fraction of sp³-hybridized carbons (Fsp3) is 0.929. The van der Waals surface area contributed by atoms with Gasteiger partial charge in [-0.3, -0.25) is 4.79 Å². The van der Waals surface area contributed by atoms with Crippen LogP contribution in [0, 0.1) is 5.92 Å². The number of carbonyl (C=O) groups is 1. The Balaban J connectivity index is 2.66. The van der Waals surface area contributed by atoms with Crippen molar-refractivity contribution in [2.45, 2.75) is 58.1 Å². The average molecular weight is 257 g/mol. The molecule has 4 heteroatoms. The first-order chi connectivity index (χ1) is 8.54. The number of hydrogen-bond acceptors (Lipinski definition) is 4. The maximum atomic E-state index is 12.2. The number of carbonyl (C=O) groups excluding carboxylic acids is 1. The van der Waals surface area contributed by atoms with Crippen LogP contribution in [0.5, 0.6) is 0 Å². The normalized spacial score (nSPS) is 28.4. The van der Waals surface area contributed by atoms with E-state index in [1.54, 1.807) is 7.11 Å². The summed E-state index contributed by atoms with van der Waals surface area (Å²) in [5.74, 6) is 0.427. The molecule has 1 saturated carbocycles. The van der Waals surface area contributed by atoms with Crippen LogP contribution < -0.4 is 5.32 Å². The van der Waals surface area contributed by atoms with Crippen molar-refractivity contribution in [2.75, 3.05) is 20.3 Å². The lowest BCUT2D eigenvalue weighted by Gasteiger charge is -2.38. The van der Waals surface area contributed by atoms with Gasteiger partial charge in [-0.15, -0.1) is 0 Å². The predicted octanol–water partition coefficient (Wildman–Crippen LogP) is 2.12. The molecule has 0 aromatic heterocycles. The van der Waals surface area contributed by atoms with E-state index in [0.717, 1.165) is 32.2 Å². The van der Waals surface area contributed by atoms with Crippen molar-refractivity contribution in [2.24, 2.45) is 5.92 Å². The molecule has 0 radical (unpaired) electrons. The van der Waals surface area contributed by atoms with E-state index in [0.29, 0.717) is 12.5 Å². The summed E-state index contributed by atoms with van der Waals surface area (Å²) in [6.45, 7) is 7.43. The molecule has 0 aliphatic heterocycles. The van der Waals surface area contributed by atoms with Crippen LogP contribution in [0.2, 0.25) is 0 Å². The van der Waals surface area contributed by atoms with E-state index in [1.165, 1.54) is 0 Å². The fourth-order valence-corrected chi connectivity index (χ4v) is 2.44. The van der Waals surface area contributed by atoms with Crippen molar-refractivity contribution in [3.05, 3.63) is 0 Å². The zero-order valence-corrected chi connectivity index (χ0v) is 12.1. The van der Waals surface area contributed by atoms with Crippen LogP contribution >= 0.6 is 0 Å². The number of nitrogens with one attached hydrogen (secondary N) is 1. The van der Waals surface area contributed by atoms with E-state index in [1.807, 2.05) is 6.92 Å². The minimum absolute atomic E-state index is 0.0970. The summed E-state index contributed by atoms with van der Waals surface area (Å²) in [7, 11) is 1.74. The first kappa shape index (κ1) is 15.4. The zero-order chi connectivity index (χ0) is 13.6. The average Bonchev–Trinajstić information content (AvgIpc) is 2.37. The molecule has 0 amide bonds. The zero-order valence-electron chi connectivity index (χ0n) is 12.1. The Hall–Kier alpha value is -0.610. The van der Waals surface area contributed by atoms with Crippen LogP contribution in [0.4, 0.5) is 0 Å². The van der Waals surface area contributed by atoms with Gasteiger partial charge in [0, 0.05) is 7.11 Å². The lowest BCUT2D eigenvalue weighted by molar-refractivity contribution is -0.154. The van der Waals surface area contributed by atoms with Gasteiger partial charge in [-0.25, -0.2) is 0 Å². The van der Waals surface area contributed by atoms with E-state index < -0.39 is 5.54 Å². The van der Waals surface area contributed by atoms with Crippen molar-refractivity contribution < 1.29 is 14.3 Å². The lowest BCUT2D eigenvalue weighted by Crippen LogP contribution is -2.56. The molecule has 1 N–H and O–H groups in total. The maximum Gasteiger partial charge on any atom is 0.326 e. The van der Waals surface area contributed by atoms with Gasteiger partial charge in [-0.05, 0) is 45.1 Å². The first-order valence-electron chi connectivity index (χ1n) is 6.99. The standard InChI is InChI=1S/C14H27NO3/c1-5-18-13(16)14(15-10-11(2)3)8-6-12(17-4)7-9-14/h11-12,15H,5-10H2,1-4H3. The van der Waals surface area contributed by atoms with Gasteiger partial charge in [0.1, 0.15) is 5.54 Å². The molecular weight excluding hydrogens is 230 g/mol. The van der Waals surface area contributed by atoms with E-state index in [-0.39, 0.29) is 12.1 Å². The highest BCUT2D eigenvalue weighted by Crippen LogP contribution is 2.31. The highest BCUT2D eigenvalue weighted by atomic mass is 16.5. The largest absolute Gasteiger partial charge is 0.465 e. The molecule has 0 heterocycles. The van der Waals surface area contributed by atoms with Crippen LogP contribution in [-0.4, -0.2) is 37.9 Å². The number of rotatable bonds is 6. The molecule has 0 unspecified atom stereocenters. The molecule has 0 aromatic rings. The molecule has 1 rings (SSSR count). The number of esters is 1. The molecular formula is C14H27NO3. The summed E-state index contributed by atoms with van der Waals surface area (Å²) in [5.41, 5.74) is -0.491. The molecule has 1 fully saturated rings. The van der Waals surface area contributed by atoms with E-state index in [4.69, 9.17) is 9.47 Å². The smallest absolute Gasteiger partial charge is 0.326 e. The third-order valence-electron chi connectivity index (χ3n) is 3.63. The number of hydrogen-bond donors (Lipinski definition) is 1. The van der Waals surface area contributed by atoms with Gasteiger partial charge in [-0.2, -0.15) is 0 Å². The van der Waals surface area contributed by atoms with E-state index in [2.05, 4.69) is 19.2 Å². The Morgan fingerprint density at radius 2 is 2.00 bits per heavy atom. The fourth-order valence-electron chi connectivity index (χ4n) is 2.44. The Kier molecular flexibility index (Phi) is 6.09. The Labute approximate surface area is 110 Å². The van der Waals surface area contributed by atoms with Gasteiger partial charge in [0.05, 0.1) is 12.7 Å².